The Labute approximate surface area is 123 Å². The number of nitrogens with one attached hydrogen (secondary N) is 1. The quantitative estimate of drug-likeness (QED) is 0.914. The molecule has 0 spiro atoms. The van der Waals surface area contributed by atoms with Gasteiger partial charge in [-0.1, -0.05) is 36.2 Å². The van der Waals surface area contributed by atoms with Gasteiger partial charge < -0.3 is 5.32 Å². The van der Waals surface area contributed by atoms with E-state index in [1.165, 1.54) is 0 Å². The molecule has 5 heteroatoms. The van der Waals surface area contributed by atoms with Gasteiger partial charge >= 0.3 is 0 Å². The van der Waals surface area contributed by atoms with Crippen LogP contribution in [0.5, 0.6) is 0 Å². The van der Waals surface area contributed by atoms with E-state index in [0.29, 0.717) is 10.0 Å². The molecule has 19 heavy (non-hydrogen) atoms. The van der Waals surface area contributed by atoms with Crippen molar-refractivity contribution in [1.29, 1.82) is 0 Å². The molecular weight excluding hydrogens is 281 g/mol. The molecule has 0 radical (unpaired) electrons. The molecule has 100 valence electrons. The second kappa shape index (κ2) is 6.85. The minimum Gasteiger partial charge on any atom is -0.307 e. The second-order valence-electron chi connectivity index (χ2n) is 4.16. The van der Waals surface area contributed by atoms with Crippen LogP contribution in [0, 0.1) is 0 Å². The van der Waals surface area contributed by atoms with Crippen molar-refractivity contribution in [3.63, 3.8) is 0 Å². The molecule has 1 atom stereocenters. The molecule has 1 aromatic heterocycles. The van der Waals surface area contributed by atoms with Crippen molar-refractivity contribution in [1.82, 2.24) is 15.3 Å². The number of benzene rings is 1. The average molecular weight is 296 g/mol. The summed E-state index contributed by atoms with van der Waals surface area (Å²) in [6.07, 6.45) is 4.22. The van der Waals surface area contributed by atoms with Crippen LogP contribution in [0.1, 0.15) is 24.4 Å². The molecule has 0 aliphatic heterocycles. The highest BCUT2D eigenvalue weighted by Gasteiger charge is 2.15. The van der Waals surface area contributed by atoms with Gasteiger partial charge in [0.2, 0.25) is 0 Å². The van der Waals surface area contributed by atoms with E-state index in [1.807, 2.05) is 18.2 Å². The Morgan fingerprint density at radius 3 is 2.58 bits per heavy atom. The lowest BCUT2D eigenvalue weighted by Crippen LogP contribution is -2.25. The summed E-state index contributed by atoms with van der Waals surface area (Å²) in [5.41, 5.74) is 1.03. The van der Waals surface area contributed by atoms with Gasteiger partial charge in [-0.05, 0) is 36.7 Å². The second-order valence-corrected chi connectivity index (χ2v) is 5.00. The van der Waals surface area contributed by atoms with Gasteiger partial charge in [-0.3, -0.25) is 0 Å². The Hall–Kier alpha value is -1.16. The summed E-state index contributed by atoms with van der Waals surface area (Å²) in [5.74, 6) is 0.773. The van der Waals surface area contributed by atoms with Crippen LogP contribution in [-0.2, 0) is 6.42 Å². The third kappa shape index (κ3) is 3.90. The smallest absolute Gasteiger partial charge is 0.145 e. The first-order valence-electron chi connectivity index (χ1n) is 6.15. The molecular formula is C14H15Cl2N3. The van der Waals surface area contributed by atoms with Gasteiger partial charge in [0, 0.05) is 22.4 Å². The summed E-state index contributed by atoms with van der Waals surface area (Å²) in [6, 6.07) is 7.40. The number of aromatic nitrogens is 2. The lowest BCUT2D eigenvalue weighted by Gasteiger charge is -2.17. The van der Waals surface area contributed by atoms with E-state index in [0.717, 1.165) is 24.4 Å². The van der Waals surface area contributed by atoms with Gasteiger partial charge in [-0.25, -0.2) is 9.97 Å². The number of rotatable bonds is 5. The van der Waals surface area contributed by atoms with Crippen molar-refractivity contribution in [2.75, 3.05) is 6.54 Å². The Kier molecular flexibility index (Phi) is 5.14. The van der Waals surface area contributed by atoms with Crippen molar-refractivity contribution in [2.24, 2.45) is 0 Å². The minimum atomic E-state index is 0.0462. The van der Waals surface area contributed by atoms with Crippen LogP contribution in [0.2, 0.25) is 10.0 Å². The molecule has 0 saturated heterocycles. The SMILES string of the molecule is CCNC(Cc1ccc(Cl)cc1Cl)c1ncccn1. The van der Waals surface area contributed by atoms with Crippen LogP contribution in [0.4, 0.5) is 0 Å². The highest BCUT2D eigenvalue weighted by Crippen LogP contribution is 2.25. The van der Waals surface area contributed by atoms with Gasteiger partial charge in [-0.15, -0.1) is 0 Å². The molecule has 1 N–H and O–H groups in total. The topological polar surface area (TPSA) is 37.8 Å². The largest absolute Gasteiger partial charge is 0.307 e. The maximum atomic E-state index is 6.21. The molecule has 0 aliphatic rings. The highest BCUT2D eigenvalue weighted by atomic mass is 35.5. The monoisotopic (exact) mass is 295 g/mol. The Morgan fingerprint density at radius 1 is 1.21 bits per heavy atom. The summed E-state index contributed by atoms with van der Waals surface area (Å²) < 4.78 is 0. The fourth-order valence-corrected chi connectivity index (χ4v) is 2.38. The van der Waals surface area contributed by atoms with Crippen LogP contribution >= 0.6 is 23.2 Å². The molecule has 1 aromatic carbocycles. The van der Waals surface area contributed by atoms with E-state index in [4.69, 9.17) is 23.2 Å². The Bertz CT molecular complexity index is 531. The fraction of sp³-hybridized carbons (Fsp3) is 0.286. The number of hydrogen-bond acceptors (Lipinski definition) is 3. The van der Waals surface area contributed by atoms with Gasteiger partial charge in [0.05, 0.1) is 6.04 Å². The van der Waals surface area contributed by atoms with Crippen molar-refractivity contribution < 1.29 is 0 Å². The average Bonchev–Trinajstić information content (AvgIpc) is 2.42. The molecule has 0 aliphatic carbocycles. The first-order chi connectivity index (χ1) is 9.20. The predicted octanol–water partition coefficient (Wildman–Crippen LogP) is 3.68. The minimum absolute atomic E-state index is 0.0462. The summed E-state index contributed by atoms with van der Waals surface area (Å²) in [5, 5.41) is 4.69. The third-order valence-electron chi connectivity index (χ3n) is 2.79. The zero-order chi connectivity index (χ0) is 13.7. The predicted molar refractivity (Wildman–Crippen MR) is 78.6 cm³/mol. The molecule has 2 aromatic rings. The van der Waals surface area contributed by atoms with Crippen molar-refractivity contribution in [2.45, 2.75) is 19.4 Å². The lowest BCUT2D eigenvalue weighted by molar-refractivity contribution is 0.521. The first-order valence-corrected chi connectivity index (χ1v) is 6.90. The molecule has 3 nitrogen and oxygen atoms in total. The van der Waals surface area contributed by atoms with Crippen molar-refractivity contribution in [3.8, 4) is 0 Å². The maximum Gasteiger partial charge on any atom is 0.145 e. The highest BCUT2D eigenvalue weighted by molar-refractivity contribution is 6.35. The third-order valence-corrected chi connectivity index (χ3v) is 3.37. The molecule has 1 unspecified atom stereocenters. The van der Waals surface area contributed by atoms with Gasteiger partial charge in [-0.2, -0.15) is 0 Å². The zero-order valence-electron chi connectivity index (χ0n) is 10.6. The van der Waals surface area contributed by atoms with E-state index < -0.39 is 0 Å². The van der Waals surface area contributed by atoms with Gasteiger partial charge in [0.15, 0.2) is 0 Å². The van der Waals surface area contributed by atoms with Crippen molar-refractivity contribution in [3.05, 3.63) is 58.1 Å². The zero-order valence-corrected chi connectivity index (χ0v) is 12.1. The standard InChI is InChI=1S/C14H15Cl2N3/c1-2-17-13(14-18-6-3-7-19-14)8-10-4-5-11(15)9-12(10)16/h3-7,9,13,17H,2,8H2,1H3. The van der Waals surface area contributed by atoms with Crippen LogP contribution < -0.4 is 5.32 Å². The van der Waals surface area contributed by atoms with Crippen LogP contribution in [0.15, 0.2) is 36.7 Å². The van der Waals surface area contributed by atoms with E-state index in [9.17, 15) is 0 Å². The summed E-state index contributed by atoms with van der Waals surface area (Å²) >= 11 is 12.1. The van der Waals surface area contributed by atoms with Crippen molar-refractivity contribution >= 4 is 23.2 Å². The van der Waals surface area contributed by atoms with Crippen LogP contribution in [0.25, 0.3) is 0 Å². The maximum absolute atomic E-state index is 6.21. The number of halogens is 2. The Morgan fingerprint density at radius 2 is 1.95 bits per heavy atom. The number of nitrogens with zero attached hydrogens (tertiary/aromatic N) is 2. The molecule has 0 saturated carbocycles. The Balaban J connectivity index is 2.21. The molecule has 0 amide bonds. The fourth-order valence-electron chi connectivity index (χ4n) is 1.90. The summed E-state index contributed by atoms with van der Waals surface area (Å²) in [4.78, 5) is 8.60. The molecule has 1 heterocycles. The number of hydrogen-bond donors (Lipinski definition) is 1. The van der Waals surface area contributed by atoms with E-state index in [2.05, 4.69) is 22.2 Å². The van der Waals surface area contributed by atoms with Gasteiger partial charge in [0.25, 0.3) is 0 Å². The summed E-state index contributed by atoms with van der Waals surface area (Å²) in [6.45, 7) is 2.90. The lowest BCUT2D eigenvalue weighted by atomic mass is 10.1. The van der Waals surface area contributed by atoms with Crippen LogP contribution in [-0.4, -0.2) is 16.5 Å². The first kappa shape index (κ1) is 14.3. The van der Waals surface area contributed by atoms with Gasteiger partial charge in [0.1, 0.15) is 5.82 Å². The number of likely N-dealkylation sites (N-methyl/N-ethyl adjacent to an activating group) is 1. The van der Waals surface area contributed by atoms with E-state index >= 15 is 0 Å². The molecule has 2 rings (SSSR count). The molecule has 0 bridgehead atoms. The normalized spacial score (nSPS) is 12.4. The summed E-state index contributed by atoms with van der Waals surface area (Å²) in [7, 11) is 0. The van der Waals surface area contributed by atoms with E-state index in [1.54, 1.807) is 18.5 Å². The van der Waals surface area contributed by atoms with E-state index in [-0.39, 0.29) is 6.04 Å². The van der Waals surface area contributed by atoms with Crippen LogP contribution in [0.3, 0.4) is 0 Å². The molecule has 0 fully saturated rings.